The molecule has 0 aliphatic rings. The van der Waals surface area contributed by atoms with E-state index in [1.165, 1.54) is 36.4 Å². The van der Waals surface area contributed by atoms with Gasteiger partial charge in [0.1, 0.15) is 23.1 Å². The molecular weight excluding hydrogens is 404 g/mol. The molecule has 2 aromatic rings. The minimum absolute atomic E-state index is 0.0254. The van der Waals surface area contributed by atoms with Crippen molar-refractivity contribution in [3.63, 3.8) is 0 Å². The summed E-state index contributed by atoms with van der Waals surface area (Å²) in [5, 5.41) is 22.3. The van der Waals surface area contributed by atoms with Gasteiger partial charge in [0.05, 0.1) is 11.1 Å². The fourth-order valence-electron chi connectivity index (χ4n) is 2.89. The third-order valence-corrected chi connectivity index (χ3v) is 4.53. The van der Waals surface area contributed by atoms with E-state index in [1.54, 1.807) is 20.8 Å². The molecular formula is C24H25F2NO4. The number of halogens is 2. The fraction of sp³-hybridized carbons (Fsp3) is 0.250. The number of amides is 1. The van der Waals surface area contributed by atoms with E-state index in [9.17, 15) is 28.6 Å². The van der Waals surface area contributed by atoms with Crippen LogP contribution in [-0.2, 0) is 16.0 Å². The Morgan fingerprint density at radius 2 is 1.61 bits per heavy atom. The van der Waals surface area contributed by atoms with Gasteiger partial charge >= 0.3 is 0 Å². The predicted molar refractivity (Wildman–Crippen MR) is 115 cm³/mol. The molecule has 0 saturated heterocycles. The van der Waals surface area contributed by atoms with E-state index in [0.29, 0.717) is 0 Å². The highest BCUT2D eigenvalue weighted by molar-refractivity contribution is 5.95. The van der Waals surface area contributed by atoms with Gasteiger partial charge in [-0.05, 0) is 62.3 Å². The van der Waals surface area contributed by atoms with Crippen LogP contribution in [0.15, 0.2) is 42.5 Å². The van der Waals surface area contributed by atoms with Gasteiger partial charge in [0.15, 0.2) is 5.78 Å². The van der Waals surface area contributed by atoms with Crippen molar-refractivity contribution in [1.29, 1.82) is 0 Å². The largest absolute Gasteiger partial charge is 0.507 e. The first-order valence-corrected chi connectivity index (χ1v) is 9.78. The molecule has 0 aromatic heterocycles. The van der Waals surface area contributed by atoms with Crippen LogP contribution >= 0.6 is 0 Å². The summed E-state index contributed by atoms with van der Waals surface area (Å²) in [6.45, 7) is 5.15. The zero-order valence-electron chi connectivity index (χ0n) is 17.5. The monoisotopic (exact) mass is 429 g/mol. The zero-order valence-corrected chi connectivity index (χ0v) is 17.5. The molecule has 5 nitrogen and oxygen atoms in total. The SMILES string of the molecule is CC(C)NC(=O)/C=C/c1c(O)ccc(CC(C)C(=O)/C=C/c2c(O)cccc2F)c1F. The third-order valence-electron chi connectivity index (χ3n) is 4.53. The van der Waals surface area contributed by atoms with Crippen molar-refractivity contribution in [1.82, 2.24) is 5.32 Å². The van der Waals surface area contributed by atoms with Crippen LogP contribution in [0.3, 0.4) is 0 Å². The Labute approximate surface area is 179 Å². The summed E-state index contributed by atoms with van der Waals surface area (Å²) in [6, 6.07) is 6.38. The second-order valence-electron chi connectivity index (χ2n) is 7.48. The Morgan fingerprint density at radius 1 is 0.968 bits per heavy atom. The van der Waals surface area contributed by atoms with Crippen LogP contribution < -0.4 is 5.32 Å². The number of hydrogen-bond donors (Lipinski definition) is 3. The molecule has 1 atom stereocenters. The number of carbonyl (C=O) groups excluding carboxylic acids is 2. The predicted octanol–water partition coefficient (Wildman–Crippen LogP) is 4.37. The topological polar surface area (TPSA) is 86.6 Å². The normalized spacial score (nSPS) is 12.6. The van der Waals surface area contributed by atoms with Crippen LogP contribution in [0.4, 0.5) is 8.78 Å². The van der Waals surface area contributed by atoms with E-state index in [2.05, 4.69) is 5.32 Å². The molecule has 0 aliphatic carbocycles. The molecule has 0 fully saturated rings. The number of aromatic hydroxyl groups is 2. The number of benzene rings is 2. The molecule has 2 rings (SSSR count). The number of phenols is 2. The van der Waals surface area contributed by atoms with E-state index in [4.69, 9.17) is 0 Å². The van der Waals surface area contributed by atoms with Gasteiger partial charge in [0, 0.05) is 18.0 Å². The lowest BCUT2D eigenvalue weighted by Gasteiger charge is -2.12. The van der Waals surface area contributed by atoms with Gasteiger partial charge in [-0.2, -0.15) is 0 Å². The molecule has 7 heteroatoms. The molecule has 0 radical (unpaired) electrons. The van der Waals surface area contributed by atoms with Crippen molar-refractivity contribution < 1.29 is 28.6 Å². The number of allylic oxidation sites excluding steroid dienone is 1. The maximum absolute atomic E-state index is 14.9. The molecule has 3 N–H and O–H groups in total. The summed E-state index contributed by atoms with van der Waals surface area (Å²) in [4.78, 5) is 24.1. The second kappa shape index (κ2) is 10.5. The van der Waals surface area contributed by atoms with E-state index < -0.39 is 23.5 Å². The first-order chi connectivity index (χ1) is 14.6. The molecule has 164 valence electrons. The third kappa shape index (κ3) is 6.50. The number of ketones is 1. The van der Waals surface area contributed by atoms with Crippen LogP contribution in [0, 0.1) is 17.6 Å². The van der Waals surface area contributed by atoms with Crippen LogP contribution in [0.1, 0.15) is 37.5 Å². The first-order valence-electron chi connectivity index (χ1n) is 9.78. The van der Waals surface area contributed by atoms with E-state index in [0.717, 1.165) is 18.2 Å². The molecule has 31 heavy (non-hydrogen) atoms. The van der Waals surface area contributed by atoms with Crippen LogP contribution in [0.5, 0.6) is 11.5 Å². The lowest BCUT2D eigenvalue weighted by Crippen LogP contribution is -2.28. The molecule has 0 bridgehead atoms. The first kappa shape index (κ1) is 23.8. The molecule has 1 unspecified atom stereocenters. The molecule has 0 saturated carbocycles. The van der Waals surface area contributed by atoms with Crippen molar-refractivity contribution in [3.8, 4) is 11.5 Å². The minimum Gasteiger partial charge on any atom is -0.507 e. The van der Waals surface area contributed by atoms with Crippen molar-refractivity contribution in [2.24, 2.45) is 5.92 Å². The Balaban J connectivity index is 2.16. The van der Waals surface area contributed by atoms with Gasteiger partial charge in [0.25, 0.3) is 0 Å². The van der Waals surface area contributed by atoms with E-state index in [-0.39, 0.29) is 46.4 Å². The van der Waals surface area contributed by atoms with Crippen molar-refractivity contribution >= 4 is 23.8 Å². The number of carbonyl (C=O) groups is 2. The molecule has 0 aliphatic heterocycles. The van der Waals surface area contributed by atoms with E-state index in [1.807, 2.05) is 0 Å². The van der Waals surface area contributed by atoms with Crippen LogP contribution in [-0.4, -0.2) is 27.9 Å². The minimum atomic E-state index is -0.732. The van der Waals surface area contributed by atoms with Gasteiger partial charge in [0.2, 0.25) is 5.91 Å². The highest BCUT2D eigenvalue weighted by Gasteiger charge is 2.17. The number of nitrogens with one attached hydrogen (secondary N) is 1. The number of rotatable bonds is 8. The van der Waals surface area contributed by atoms with Crippen molar-refractivity contribution in [2.45, 2.75) is 33.2 Å². The van der Waals surface area contributed by atoms with Gasteiger partial charge in [-0.25, -0.2) is 8.78 Å². The summed E-state index contributed by atoms with van der Waals surface area (Å²) in [5.41, 5.74) is -0.0708. The lowest BCUT2D eigenvalue weighted by atomic mass is 9.94. The quantitative estimate of drug-likeness (QED) is 0.544. The van der Waals surface area contributed by atoms with Crippen LogP contribution in [0.25, 0.3) is 12.2 Å². The zero-order chi connectivity index (χ0) is 23.1. The fourth-order valence-corrected chi connectivity index (χ4v) is 2.89. The second-order valence-corrected chi connectivity index (χ2v) is 7.48. The summed E-state index contributed by atoms with van der Waals surface area (Å²) in [7, 11) is 0. The average molecular weight is 429 g/mol. The Morgan fingerprint density at radius 3 is 2.26 bits per heavy atom. The molecule has 1 amide bonds. The smallest absolute Gasteiger partial charge is 0.244 e. The number of hydrogen-bond acceptors (Lipinski definition) is 4. The average Bonchev–Trinajstić information content (AvgIpc) is 2.68. The van der Waals surface area contributed by atoms with Gasteiger partial charge in [-0.1, -0.05) is 19.1 Å². The summed E-state index contributed by atoms with van der Waals surface area (Å²) in [5.74, 6) is -3.48. The Kier molecular flexibility index (Phi) is 8.07. The van der Waals surface area contributed by atoms with Gasteiger partial charge in [-0.3, -0.25) is 9.59 Å². The van der Waals surface area contributed by atoms with E-state index >= 15 is 0 Å². The highest BCUT2D eigenvalue weighted by Crippen LogP contribution is 2.27. The molecule has 2 aromatic carbocycles. The summed E-state index contributed by atoms with van der Waals surface area (Å²) < 4.78 is 28.6. The standard InChI is InChI=1S/C24H25F2NO4/c1-14(2)27-23(31)12-9-18-22(30)10-7-16(24(18)26)13-15(3)20(28)11-8-17-19(25)5-4-6-21(17)29/h4-12,14-15,29-30H,13H2,1-3H3,(H,27,31)/b11-8+,12-9+. The molecule has 0 spiro atoms. The van der Waals surface area contributed by atoms with Gasteiger partial charge in [-0.15, -0.1) is 0 Å². The molecule has 0 heterocycles. The summed E-state index contributed by atoms with van der Waals surface area (Å²) >= 11 is 0. The lowest BCUT2D eigenvalue weighted by molar-refractivity contribution is -0.118. The maximum atomic E-state index is 14.9. The maximum Gasteiger partial charge on any atom is 0.244 e. The van der Waals surface area contributed by atoms with Crippen molar-refractivity contribution in [3.05, 3.63) is 70.8 Å². The van der Waals surface area contributed by atoms with Gasteiger partial charge < -0.3 is 15.5 Å². The van der Waals surface area contributed by atoms with Crippen LogP contribution in [0.2, 0.25) is 0 Å². The summed E-state index contributed by atoms with van der Waals surface area (Å²) in [6.07, 6.45) is 4.65. The Hall–Kier alpha value is -3.48. The number of phenolic OH excluding ortho intramolecular Hbond substituents is 2. The van der Waals surface area contributed by atoms with Crippen molar-refractivity contribution in [2.75, 3.05) is 0 Å². The Bertz CT molecular complexity index is 1010. The highest BCUT2D eigenvalue weighted by atomic mass is 19.1.